The van der Waals surface area contributed by atoms with Gasteiger partial charge in [0.05, 0.1) is 4.90 Å². The van der Waals surface area contributed by atoms with Gasteiger partial charge in [-0.1, -0.05) is 26.0 Å². The topological polar surface area (TPSA) is 101 Å². The summed E-state index contributed by atoms with van der Waals surface area (Å²) in [4.78, 5) is 22.2. The van der Waals surface area contributed by atoms with Crippen LogP contribution in [0.4, 0.5) is 0 Å². The number of aliphatic carboxylic acids is 1. The van der Waals surface area contributed by atoms with Crippen LogP contribution >= 0.6 is 0 Å². The van der Waals surface area contributed by atoms with E-state index < -0.39 is 22.0 Å². The van der Waals surface area contributed by atoms with Crippen molar-refractivity contribution in [1.82, 2.24) is 4.72 Å². The summed E-state index contributed by atoms with van der Waals surface area (Å²) in [5.41, 5.74) is 0.428. The molecule has 0 aliphatic rings. The zero-order chi connectivity index (χ0) is 15.3. The Morgan fingerprint density at radius 1 is 1.20 bits per heavy atom. The Kier molecular flexibility index (Phi) is 5.41. The van der Waals surface area contributed by atoms with E-state index in [1.54, 1.807) is 13.8 Å². The van der Waals surface area contributed by atoms with Gasteiger partial charge in [0.25, 0.3) is 0 Å². The molecule has 7 heteroatoms. The third-order valence-electron chi connectivity index (χ3n) is 2.81. The maximum Gasteiger partial charge on any atom is 0.321 e. The number of sulfonamides is 1. The van der Waals surface area contributed by atoms with Gasteiger partial charge >= 0.3 is 5.97 Å². The van der Waals surface area contributed by atoms with Crippen molar-refractivity contribution < 1.29 is 23.1 Å². The summed E-state index contributed by atoms with van der Waals surface area (Å²) in [5, 5.41) is 8.86. The van der Waals surface area contributed by atoms with Crippen molar-refractivity contribution in [1.29, 1.82) is 0 Å². The van der Waals surface area contributed by atoms with Crippen LogP contribution < -0.4 is 4.72 Å². The van der Waals surface area contributed by atoms with E-state index in [1.807, 2.05) is 0 Å². The van der Waals surface area contributed by atoms with E-state index in [2.05, 4.69) is 4.72 Å². The van der Waals surface area contributed by atoms with Crippen LogP contribution in [0.25, 0.3) is 0 Å². The van der Waals surface area contributed by atoms with Crippen molar-refractivity contribution in [3.63, 3.8) is 0 Å². The van der Waals surface area contributed by atoms with E-state index in [9.17, 15) is 18.0 Å². The zero-order valence-corrected chi connectivity index (χ0v) is 12.1. The summed E-state index contributed by atoms with van der Waals surface area (Å²) < 4.78 is 26.1. The second-order valence-corrected chi connectivity index (χ2v) is 5.94. The normalized spacial score (nSPS) is 12.9. The number of Topliss-reactive ketones (excluding diaryl/α,β-unsaturated/α-hetero) is 1. The number of ketones is 1. The van der Waals surface area contributed by atoms with Gasteiger partial charge in [0, 0.05) is 12.0 Å². The van der Waals surface area contributed by atoms with Gasteiger partial charge in [-0.05, 0) is 18.6 Å². The minimum atomic E-state index is -3.91. The molecule has 1 atom stereocenters. The Hall–Kier alpha value is -1.73. The SMILES string of the molecule is CCC(=O)c1ccc(S(=O)(=O)NC(CC)C(=O)O)cc1. The highest BCUT2D eigenvalue weighted by atomic mass is 32.2. The number of rotatable bonds is 7. The van der Waals surface area contributed by atoms with E-state index in [0.29, 0.717) is 12.0 Å². The van der Waals surface area contributed by atoms with Gasteiger partial charge in [0.2, 0.25) is 10.0 Å². The lowest BCUT2D eigenvalue weighted by atomic mass is 10.1. The molecule has 1 aromatic rings. The largest absolute Gasteiger partial charge is 0.480 e. The molecule has 0 fully saturated rings. The fourth-order valence-corrected chi connectivity index (χ4v) is 2.86. The molecule has 6 nitrogen and oxygen atoms in total. The number of carbonyl (C=O) groups excluding carboxylic acids is 1. The molecule has 0 amide bonds. The van der Waals surface area contributed by atoms with Gasteiger partial charge in [-0.15, -0.1) is 0 Å². The first-order chi connectivity index (χ1) is 9.31. The first-order valence-electron chi connectivity index (χ1n) is 6.20. The maximum absolute atomic E-state index is 12.0. The molecule has 0 radical (unpaired) electrons. The monoisotopic (exact) mass is 299 g/mol. The maximum atomic E-state index is 12.0. The number of hydrogen-bond donors (Lipinski definition) is 2. The Labute approximate surface area is 117 Å². The summed E-state index contributed by atoms with van der Waals surface area (Å²) in [6.07, 6.45) is 0.474. The zero-order valence-electron chi connectivity index (χ0n) is 11.3. The summed E-state index contributed by atoms with van der Waals surface area (Å²) >= 11 is 0. The van der Waals surface area contributed by atoms with E-state index in [-0.39, 0.29) is 17.1 Å². The number of carboxylic acid groups (broad SMARTS) is 1. The van der Waals surface area contributed by atoms with Crippen molar-refractivity contribution in [3.05, 3.63) is 29.8 Å². The number of carbonyl (C=O) groups is 2. The Morgan fingerprint density at radius 3 is 2.15 bits per heavy atom. The van der Waals surface area contributed by atoms with Gasteiger partial charge < -0.3 is 5.11 Å². The van der Waals surface area contributed by atoms with E-state index in [1.165, 1.54) is 24.3 Å². The van der Waals surface area contributed by atoms with Crippen molar-refractivity contribution in [2.24, 2.45) is 0 Å². The highest BCUT2D eigenvalue weighted by Gasteiger charge is 2.23. The van der Waals surface area contributed by atoms with Crippen LogP contribution in [-0.4, -0.2) is 31.3 Å². The molecule has 1 rings (SSSR count). The summed E-state index contributed by atoms with van der Waals surface area (Å²) in [6.45, 7) is 3.29. The molecular formula is C13H17NO5S. The summed E-state index contributed by atoms with van der Waals surface area (Å²) in [7, 11) is -3.91. The first kappa shape index (κ1) is 16.3. The molecule has 2 N–H and O–H groups in total. The predicted molar refractivity (Wildman–Crippen MR) is 73.1 cm³/mol. The highest BCUT2D eigenvalue weighted by molar-refractivity contribution is 7.89. The minimum Gasteiger partial charge on any atom is -0.480 e. The fourth-order valence-electron chi connectivity index (χ4n) is 1.59. The molecule has 0 bridgehead atoms. The molecule has 0 saturated heterocycles. The predicted octanol–water partition coefficient (Wildman–Crippen LogP) is 1.42. The average Bonchev–Trinajstić information content (AvgIpc) is 2.43. The van der Waals surface area contributed by atoms with Gasteiger partial charge in [-0.25, -0.2) is 8.42 Å². The molecule has 20 heavy (non-hydrogen) atoms. The average molecular weight is 299 g/mol. The first-order valence-corrected chi connectivity index (χ1v) is 7.68. The smallest absolute Gasteiger partial charge is 0.321 e. The van der Waals surface area contributed by atoms with Gasteiger partial charge in [-0.3, -0.25) is 9.59 Å². The molecule has 1 aromatic carbocycles. The highest BCUT2D eigenvalue weighted by Crippen LogP contribution is 2.13. The van der Waals surface area contributed by atoms with Crippen molar-refractivity contribution in [2.75, 3.05) is 0 Å². The standard InChI is InChI=1S/C13H17NO5S/c1-3-11(13(16)17)14-20(18,19)10-7-5-9(6-8-10)12(15)4-2/h5-8,11,14H,3-4H2,1-2H3,(H,16,17). The Bertz CT molecular complexity index is 592. The lowest BCUT2D eigenvalue weighted by Crippen LogP contribution is -2.40. The van der Waals surface area contributed by atoms with Gasteiger partial charge in [-0.2, -0.15) is 4.72 Å². The molecule has 0 spiro atoms. The van der Waals surface area contributed by atoms with Crippen molar-refractivity contribution in [3.8, 4) is 0 Å². The third kappa shape index (κ3) is 3.88. The second kappa shape index (κ2) is 6.62. The van der Waals surface area contributed by atoms with Gasteiger partial charge in [0.1, 0.15) is 6.04 Å². The lowest BCUT2D eigenvalue weighted by molar-refractivity contribution is -0.139. The molecule has 0 aliphatic carbocycles. The van der Waals surface area contributed by atoms with Crippen molar-refractivity contribution in [2.45, 2.75) is 37.6 Å². The second-order valence-electron chi connectivity index (χ2n) is 4.22. The quantitative estimate of drug-likeness (QED) is 0.742. The summed E-state index contributed by atoms with van der Waals surface area (Å²) in [6, 6.07) is 4.25. The molecular weight excluding hydrogens is 282 g/mol. The van der Waals surface area contributed by atoms with Crippen LogP contribution in [0.2, 0.25) is 0 Å². The Morgan fingerprint density at radius 2 is 1.75 bits per heavy atom. The number of carboxylic acids is 1. The number of hydrogen-bond acceptors (Lipinski definition) is 4. The van der Waals surface area contributed by atoms with Crippen LogP contribution in [-0.2, 0) is 14.8 Å². The van der Waals surface area contributed by atoms with E-state index >= 15 is 0 Å². The lowest BCUT2D eigenvalue weighted by Gasteiger charge is -2.12. The molecule has 1 unspecified atom stereocenters. The number of benzene rings is 1. The van der Waals surface area contributed by atoms with Crippen LogP contribution in [0.3, 0.4) is 0 Å². The van der Waals surface area contributed by atoms with Crippen LogP contribution in [0, 0.1) is 0 Å². The van der Waals surface area contributed by atoms with E-state index in [4.69, 9.17) is 5.11 Å². The molecule has 0 heterocycles. The molecule has 0 aromatic heterocycles. The molecule has 0 aliphatic heterocycles. The van der Waals surface area contributed by atoms with E-state index in [0.717, 1.165) is 0 Å². The molecule has 110 valence electrons. The number of nitrogens with one attached hydrogen (secondary N) is 1. The Balaban J connectivity index is 2.98. The van der Waals surface area contributed by atoms with Crippen molar-refractivity contribution >= 4 is 21.8 Å². The van der Waals surface area contributed by atoms with Crippen LogP contribution in [0.1, 0.15) is 37.0 Å². The third-order valence-corrected chi connectivity index (χ3v) is 4.30. The summed E-state index contributed by atoms with van der Waals surface area (Å²) in [5.74, 6) is -1.31. The van der Waals surface area contributed by atoms with Crippen LogP contribution in [0.5, 0.6) is 0 Å². The van der Waals surface area contributed by atoms with Gasteiger partial charge in [0.15, 0.2) is 5.78 Å². The molecule has 0 saturated carbocycles. The fraction of sp³-hybridized carbons (Fsp3) is 0.385. The minimum absolute atomic E-state index is 0.0650. The van der Waals surface area contributed by atoms with Crippen LogP contribution in [0.15, 0.2) is 29.2 Å².